The lowest BCUT2D eigenvalue weighted by molar-refractivity contribution is 0.875. The van der Waals surface area contributed by atoms with Crippen LogP contribution in [0.2, 0.25) is 0 Å². The van der Waals surface area contributed by atoms with E-state index < -0.39 is 0 Å². The fourth-order valence-electron chi connectivity index (χ4n) is 3.26. The van der Waals surface area contributed by atoms with E-state index in [2.05, 4.69) is 77.1 Å². The van der Waals surface area contributed by atoms with E-state index in [9.17, 15) is 0 Å². The van der Waals surface area contributed by atoms with Gasteiger partial charge in [-0.15, -0.1) is 0 Å². The highest BCUT2D eigenvalue weighted by atomic mass is 15.1. The van der Waals surface area contributed by atoms with Crippen molar-refractivity contribution in [3.63, 3.8) is 0 Å². The van der Waals surface area contributed by atoms with Gasteiger partial charge < -0.3 is 10.6 Å². The summed E-state index contributed by atoms with van der Waals surface area (Å²) in [4.78, 5) is 9.45. The monoisotopic (exact) mass is 368 g/mol. The standard InChI is InChI=1S/C24H24N4/c1-18(20-12-6-3-7-13-20)26-23-21-14-8-9-15-22(21)27-24(28-23)25-17-16-19-10-4-2-5-11-19/h2-15,18H,16-17H2,1H3,(H2,25,26,27,28). The molecule has 4 heteroatoms. The quantitative estimate of drug-likeness (QED) is 0.455. The van der Waals surface area contributed by atoms with Gasteiger partial charge in [-0.1, -0.05) is 72.8 Å². The Bertz CT molecular complexity index is 1030. The van der Waals surface area contributed by atoms with Crippen molar-refractivity contribution in [1.82, 2.24) is 9.97 Å². The van der Waals surface area contributed by atoms with Crippen LogP contribution in [0.1, 0.15) is 24.1 Å². The molecule has 0 aliphatic heterocycles. The minimum absolute atomic E-state index is 0.150. The number of aromatic nitrogens is 2. The van der Waals surface area contributed by atoms with Gasteiger partial charge in [-0.2, -0.15) is 4.98 Å². The number of fused-ring (bicyclic) bond motifs is 1. The molecule has 2 N–H and O–H groups in total. The summed E-state index contributed by atoms with van der Waals surface area (Å²) in [5.41, 5.74) is 3.46. The zero-order valence-electron chi connectivity index (χ0n) is 16.0. The van der Waals surface area contributed by atoms with Crippen molar-refractivity contribution in [3.8, 4) is 0 Å². The fraction of sp³-hybridized carbons (Fsp3) is 0.167. The van der Waals surface area contributed by atoms with Gasteiger partial charge in [0.1, 0.15) is 5.82 Å². The number of nitrogens with zero attached hydrogens (tertiary/aromatic N) is 2. The lowest BCUT2D eigenvalue weighted by atomic mass is 10.1. The lowest BCUT2D eigenvalue weighted by Crippen LogP contribution is -2.12. The highest BCUT2D eigenvalue weighted by molar-refractivity contribution is 5.90. The molecule has 4 rings (SSSR count). The Morgan fingerprint density at radius 1 is 0.786 bits per heavy atom. The van der Waals surface area contributed by atoms with Gasteiger partial charge in [0.15, 0.2) is 0 Å². The van der Waals surface area contributed by atoms with E-state index in [4.69, 9.17) is 4.98 Å². The highest BCUT2D eigenvalue weighted by Gasteiger charge is 2.11. The molecule has 1 aromatic heterocycles. The number of nitrogens with one attached hydrogen (secondary N) is 2. The normalized spacial score (nSPS) is 11.9. The molecular formula is C24H24N4. The van der Waals surface area contributed by atoms with Crippen LogP contribution in [0.4, 0.5) is 11.8 Å². The van der Waals surface area contributed by atoms with E-state index in [0.717, 1.165) is 29.7 Å². The van der Waals surface area contributed by atoms with Crippen LogP contribution in [-0.2, 0) is 6.42 Å². The van der Waals surface area contributed by atoms with Gasteiger partial charge >= 0.3 is 0 Å². The number of anilines is 2. The zero-order chi connectivity index (χ0) is 19.2. The van der Waals surface area contributed by atoms with Crippen LogP contribution in [0.5, 0.6) is 0 Å². The fourth-order valence-corrected chi connectivity index (χ4v) is 3.26. The molecule has 140 valence electrons. The molecule has 0 saturated heterocycles. The van der Waals surface area contributed by atoms with Crippen LogP contribution in [0, 0.1) is 0 Å². The third-order valence-corrected chi connectivity index (χ3v) is 4.80. The first-order valence-corrected chi connectivity index (χ1v) is 9.65. The van der Waals surface area contributed by atoms with Crippen LogP contribution in [0.3, 0.4) is 0 Å². The third-order valence-electron chi connectivity index (χ3n) is 4.80. The summed E-state index contributed by atoms with van der Waals surface area (Å²) in [6, 6.07) is 29.1. The third kappa shape index (κ3) is 4.29. The molecule has 1 atom stereocenters. The number of rotatable bonds is 7. The summed E-state index contributed by atoms with van der Waals surface area (Å²) in [7, 11) is 0. The highest BCUT2D eigenvalue weighted by Crippen LogP contribution is 2.25. The van der Waals surface area contributed by atoms with E-state index in [0.29, 0.717) is 5.95 Å². The molecule has 3 aromatic carbocycles. The maximum absolute atomic E-state index is 4.76. The van der Waals surface area contributed by atoms with Crippen LogP contribution < -0.4 is 10.6 Å². The molecule has 4 aromatic rings. The first kappa shape index (κ1) is 18.0. The molecule has 0 aliphatic rings. The van der Waals surface area contributed by atoms with Crippen molar-refractivity contribution >= 4 is 22.7 Å². The maximum Gasteiger partial charge on any atom is 0.225 e. The second-order valence-corrected chi connectivity index (χ2v) is 6.85. The van der Waals surface area contributed by atoms with Gasteiger partial charge in [-0.05, 0) is 36.6 Å². The summed E-state index contributed by atoms with van der Waals surface area (Å²) >= 11 is 0. The lowest BCUT2D eigenvalue weighted by Gasteiger charge is -2.17. The summed E-state index contributed by atoms with van der Waals surface area (Å²) < 4.78 is 0. The Balaban J connectivity index is 1.55. The van der Waals surface area contributed by atoms with Gasteiger partial charge in [-0.25, -0.2) is 4.98 Å². The van der Waals surface area contributed by atoms with Crippen LogP contribution >= 0.6 is 0 Å². The van der Waals surface area contributed by atoms with Gasteiger partial charge in [0.25, 0.3) is 0 Å². The molecule has 0 amide bonds. The number of hydrogen-bond acceptors (Lipinski definition) is 4. The van der Waals surface area contributed by atoms with E-state index in [-0.39, 0.29) is 6.04 Å². The largest absolute Gasteiger partial charge is 0.363 e. The van der Waals surface area contributed by atoms with E-state index in [1.807, 2.05) is 30.3 Å². The molecule has 0 fully saturated rings. The maximum atomic E-state index is 4.76. The minimum Gasteiger partial charge on any atom is -0.363 e. The van der Waals surface area contributed by atoms with Crippen molar-refractivity contribution in [3.05, 3.63) is 96.1 Å². The van der Waals surface area contributed by atoms with Crippen LogP contribution in [0.25, 0.3) is 10.9 Å². The van der Waals surface area contributed by atoms with Crippen molar-refractivity contribution < 1.29 is 0 Å². The first-order valence-electron chi connectivity index (χ1n) is 9.65. The van der Waals surface area contributed by atoms with Gasteiger partial charge in [-0.3, -0.25) is 0 Å². The Hall–Kier alpha value is -3.40. The summed E-state index contributed by atoms with van der Waals surface area (Å²) in [6.45, 7) is 2.94. The Morgan fingerprint density at radius 3 is 2.25 bits per heavy atom. The Kier molecular flexibility index (Phi) is 5.48. The predicted octanol–water partition coefficient (Wildman–Crippen LogP) is 5.46. The first-order chi connectivity index (χ1) is 13.8. The molecule has 28 heavy (non-hydrogen) atoms. The van der Waals surface area contributed by atoms with Crippen molar-refractivity contribution in [2.45, 2.75) is 19.4 Å². The molecule has 0 saturated carbocycles. The molecule has 0 spiro atoms. The molecule has 0 radical (unpaired) electrons. The van der Waals surface area contributed by atoms with Gasteiger partial charge in [0, 0.05) is 18.0 Å². The minimum atomic E-state index is 0.150. The molecule has 0 bridgehead atoms. The molecular weight excluding hydrogens is 344 g/mol. The average Bonchev–Trinajstić information content (AvgIpc) is 2.75. The second-order valence-electron chi connectivity index (χ2n) is 6.85. The SMILES string of the molecule is CC(Nc1nc(NCCc2ccccc2)nc2ccccc12)c1ccccc1. The van der Waals surface area contributed by atoms with Crippen molar-refractivity contribution in [2.24, 2.45) is 0 Å². The molecule has 0 aliphatic carbocycles. The summed E-state index contributed by atoms with van der Waals surface area (Å²) in [6.07, 6.45) is 0.931. The number of benzene rings is 3. The van der Waals surface area contributed by atoms with Crippen molar-refractivity contribution in [1.29, 1.82) is 0 Å². The topological polar surface area (TPSA) is 49.8 Å². The summed E-state index contributed by atoms with van der Waals surface area (Å²) in [5, 5.41) is 7.96. The molecule has 1 unspecified atom stereocenters. The molecule has 1 heterocycles. The number of hydrogen-bond donors (Lipinski definition) is 2. The predicted molar refractivity (Wildman–Crippen MR) is 117 cm³/mol. The summed E-state index contributed by atoms with van der Waals surface area (Å²) in [5.74, 6) is 1.50. The van der Waals surface area contributed by atoms with Gasteiger partial charge in [0.05, 0.1) is 5.52 Å². The Morgan fingerprint density at radius 2 is 1.46 bits per heavy atom. The smallest absolute Gasteiger partial charge is 0.225 e. The zero-order valence-corrected chi connectivity index (χ0v) is 16.0. The van der Waals surface area contributed by atoms with Crippen LogP contribution in [0.15, 0.2) is 84.9 Å². The van der Waals surface area contributed by atoms with Crippen molar-refractivity contribution in [2.75, 3.05) is 17.2 Å². The molecule has 4 nitrogen and oxygen atoms in total. The van der Waals surface area contributed by atoms with E-state index >= 15 is 0 Å². The van der Waals surface area contributed by atoms with Gasteiger partial charge in [0.2, 0.25) is 5.95 Å². The Labute approximate surface area is 165 Å². The number of para-hydroxylation sites is 1. The average molecular weight is 368 g/mol. The van der Waals surface area contributed by atoms with E-state index in [1.54, 1.807) is 0 Å². The second kappa shape index (κ2) is 8.53. The van der Waals surface area contributed by atoms with Crippen LogP contribution in [-0.4, -0.2) is 16.5 Å². The van der Waals surface area contributed by atoms with E-state index in [1.165, 1.54) is 11.1 Å².